The molecule has 114 valence electrons. The van der Waals surface area contributed by atoms with Crippen molar-refractivity contribution in [1.82, 2.24) is 5.32 Å². The summed E-state index contributed by atoms with van der Waals surface area (Å²) < 4.78 is 0. The van der Waals surface area contributed by atoms with Gasteiger partial charge in [-0.05, 0) is 31.2 Å². The molecule has 21 heavy (non-hydrogen) atoms. The van der Waals surface area contributed by atoms with E-state index >= 15 is 0 Å². The Bertz CT molecular complexity index is 463. The number of hydrogen-bond donors (Lipinski definition) is 1. The summed E-state index contributed by atoms with van der Waals surface area (Å²) in [6.07, 6.45) is 6.72. The Morgan fingerprint density at radius 2 is 1.76 bits per heavy atom. The SMILES string of the molecule is CC(=O)C[C@@H](CC(=O)NC1CCCCC1)c1ccccc1. The van der Waals surface area contributed by atoms with Crippen molar-refractivity contribution in [1.29, 1.82) is 0 Å². The first-order chi connectivity index (χ1) is 10.1. The van der Waals surface area contributed by atoms with Gasteiger partial charge in [0.2, 0.25) is 5.91 Å². The molecule has 1 aromatic carbocycles. The highest BCUT2D eigenvalue weighted by atomic mass is 16.1. The van der Waals surface area contributed by atoms with E-state index in [0.29, 0.717) is 18.9 Å². The van der Waals surface area contributed by atoms with Crippen molar-refractivity contribution in [2.75, 3.05) is 0 Å². The van der Waals surface area contributed by atoms with Gasteiger partial charge in [-0.1, -0.05) is 49.6 Å². The molecule has 1 N–H and O–H groups in total. The monoisotopic (exact) mass is 287 g/mol. The highest BCUT2D eigenvalue weighted by Crippen LogP contribution is 2.24. The molecule has 1 amide bonds. The van der Waals surface area contributed by atoms with Crippen LogP contribution in [-0.4, -0.2) is 17.7 Å². The van der Waals surface area contributed by atoms with E-state index in [0.717, 1.165) is 18.4 Å². The molecular formula is C18H25NO2. The third kappa shape index (κ3) is 5.33. The van der Waals surface area contributed by atoms with Gasteiger partial charge in [0.05, 0.1) is 0 Å². The van der Waals surface area contributed by atoms with Crippen LogP contribution >= 0.6 is 0 Å². The summed E-state index contributed by atoms with van der Waals surface area (Å²) in [6, 6.07) is 10.2. The van der Waals surface area contributed by atoms with E-state index in [4.69, 9.17) is 0 Å². The number of hydrogen-bond acceptors (Lipinski definition) is 2. The Morgan fingerprint density at radius 3 is 2.38 bits per heavy atom. The zero-order valence-electron chi connectivity index (χ0n) is 12.8. The molecule has 1 aromatic rings. The quantitative estimate of drug-likeness (QED) is 0.869. The highest BCUT2D eigenvalue weighted by molar-refractivity contribution is 5.80. The van der Waals surface area contributed by atoms with Crippen molar-refractivity contribution in [2.24, 2.45) is 0 Å². The smallest absolute Gasteiger partial charge is 0.220 e. The number of Topliss-reactive ketones (excluding diaryl/α,β-unsaturated/α-hetero) is 1. The maximum Gasteiger partial charge on any atom is 0.220 e. The fraction of sp³-hybridized carbons (Fsp3) is 0.556. The van der Waals surface area contributed by atoms with Gasteiger partial charge in [-0.15, -0.1) is 0 Å². The van der Waals surface area contributed by atoms with Gasteiger partial charge < -0.3 is 10.1 Å². The Hall–Kier alpha value is -1.64. The molecule has 0 aliphatic heterocycles. The zero-order chi connectivity index (χ0) is 15.1. The molecule has 1 saturated carbocycles. The van der Waals surface area contributed by atoms with E-state index in [1.165, 1.54) is 19.3 Å². The van der Waals surface area contributed by atoms with Crippen LogP contribution in [0.1, 0.15) is 63.4 Å². The molecule has 2 rings (SSSR count). The third-order valence-electron chi connectivity index (χ3n) is 4.21. The van der Waals surface area contributed by atoms with Crippen LogP contribution in [0.2, 0.25) is 0 Å². The summed E-state index contributed by atoms with van der Waals surface area (Å²) in [5, 5.41) is 3.14. The summed E-state index contributed by atoms with van der Waals surface area (Å²) in [7, 11) is 0. The van der Waals surface area contributed by atoms with Crippen LogP contribution in [0.15, 0.2) is 30.3 Å². The molecule has 1 aliphatic carbocycles. The molecule has 0 unspecified atom stereocenters. The lowest BCUT2D eigenvalue weighted by Gasteiger charge is -2.24. The topological polar surface area (TPSA) is 46.2 Å². The van der Waals surface area contributed by atoms with E-state index in [2.05, 4.69) is 5.32 Å². The Labute approximate surface area is 127 Å². The van der Waals surface area contributed by atoms with Crippen LogP contribution < -0.4 is 5.32 Å². The second-order valence-electron chi connectivity index (χ2n) is 6.12. The molecule has 1 fully saturated rings. The number of benzene rings is 1. The molecule has 1 aliphatic rings. The average molecular weight is 287 g/mol. The summed E-state index contributed by atoms with van der Waals surface area (Å²) in [4.78, 5) is 23.7. The molecule has 0 heterocycles. The van der Waals surface area contributed by atoms with E-state index in [1.54, 1.807) is 6.92 Å². The fourth-order valence-electron chi connectivity index (χ4n) is 3.14. The van der Waals surface area contributed by atoms with Crippen LogP contribution in [-0.2, 0) is 9.59 Å². The van der Waals surface area contributed by atoms with E-state index in [-0.39, 0.29) is 17.6 Å². The number of rotatable bonds is 6. The van der Waals surface area contributed by atoms with Crippen LogP contribution in [0, 0.1) is 0 Å². The number of amides is 1. The lowest BCUT2D eigenvalue weighted by atomic mass is 9.90. The standard InChI is InChI=1S/C18H25NO2/c1-14(20)12-16(15-8-4-2-5-9-15)13-18(21)19-17-10-6-3-7-11-17/h2,4-5,8-9,16-17H,3,6-7,10-13H2,1H3,(H,19,21)/t16-/m0/s1. The van der Waals surface area contributed by atoms with Gasteiger partial charge in [0.1, 0.15) is 5.78 Å². The van der Waals surface area contributed by atoms with Gasteiger partial charge in [-0.3, -0.25) is 4.79 Å². The maximum atomic E-state index is 12.3. The summed E-state index contributed by atoms with van der Waals surface area (Å²) in [5.74, 6) is 0.207. The average Bonchev–Trinajstić information content (AvgIpc) is 2.48. The Kier molecular flexibility index (Phi) is 5.97. The van der Waals surface area contributed by atoms with Gasteiger partial charge in [0.25, 0.3) is 0 Å². The van der Waals surface area contributed by atoms with Crippen molar-refractivity contribution in [3.05, 3.63) is 35.9 Å². The molecule has 3 nitrogen and oxygen atoms in total. The fourth-order valence-corrected chi connectivity index (χ4v) is 3.14. The van der Waals surface area contributed by atoms with Crippen LogP contribution in [0.3, 0.4) is 0 Å². The molecule has 0 radical (unpaired) electrons. The number of ketones is 1. The second-order valence-corrected chi connectivity index (χ2v) is 6.12. The minimum Gasteiger partial charge on any atom is -0.353 e. The van der Waals surface area contributed by atoms with Crippen molar-refractivity contribution < 1.29 is 9.59 Å². The van der Waals surface area contributed by atoms with Crippen molar-refractivity contribution in [3.8, 4) is 0 Å². The highest BCUT2D eigenvalue weighted by Gasteiger charge is 2.21. The van der Waals surface area contributed by atoms with Crippen LogP contribution in [0.25, 0.3) is 0 Å². The Morgan fingerprint density at radius 1 is 1.10 bits per heavy atom. The van der Waals surface area contributed by atoms with Gasteiger partial charge in [0.15, 0.2) is 0 Å². The van der Waals surface area contributed by atoms with Crippen molar-refractivity contribution in [2.45, 2.75) is 63.8 Å². The number of carbonyl (C=O) groups is 2. The van der Waals surface area contributed by atoms with Crippen LogP contribution in [0.5, 0.6) is 0 Å². The first-order valence-electron chi connectivity index (χ1n) is 7.99. The zero-order valence-corrected chi connectivity index (χ0v) is 12.8. The number of carbonyl (C=O) groups excluding carboxylic acids is 2. The Balaban J connectivity index is 1.94. The largest absolute Gasteiger partial charge is 0.353 e. The van der Waals surface area contributed by atoms with E-state index < -0.39 is 0 Å². The predicted molar refractivity (Wildman–Crippen MR) is 84.1 cm³/mol. The van der Waals surface area contributed by atoms with Crippen molar-refractivity contribution in [3.63, 3.8) is 0 Å². The lowest BCUT2D eigenvalue weighted by Crippen LogP contribution is -2.36. The van der Waals surface area contributed by atoms with Gasteiger partial charge in [-0.25, -0.2) is 0 Å². The minimum atomic E-state index is -0.00714. The van der Waals surface area contributed by atoms with Crippen molar-refractivity contribution >= 4 is 11.7 Å². The summed E-state index contributed by atoms with van der Waals surface area (Å²) in [6.45, 7) is 1.59. The molecule has 0 spiro atoms. The molecular weight excluding hydrogens is 262 g/mol. The van der Waals surface area contributed by atoms with Crippen LogP contribution in [0.4, 0.5) is 0 Å². The first-order valence-corrected chi connectivity index (χ1v) is 7.99. The molecule has 0 aromatic heterocycles. The number of nitrogens with one attached hydrogen (secondary N) is 1. The van der Waals surface area contributed by atoms with E-state index in [1.807, 2.05) is 30.3 Å². The summed E-state index contributed by atoms with van der Waals surface area (Å²) in [5.41, 5.74) is 1.08. The molecule has 0 bridgehead atoms. The van der Waals surface area contributed by atoms with Gasteiger partial charge >= 0.3 is 0 Å². The predicted octanol–water partition coefficient (Wildman–Crippen LogP) is 3.59. The lowest BCUT2D eigenvalue weighted by molar-refractivity contribution is -0.122. The summed E-state index contributed by atoms with van der Waals surface area (Å²) >= 11 is 0. The van der Waals surface area contributed by atoms with E-state index in [9.17, 15) is 9.59 Å². The molecule has 1 atom stereocenters. The third-order valence-corrected chi connectivity index (χ3v) is 4.21. The second kappa shape index (κ2) is 7.96. The minimum absolute atomic E-state index is 0.00714. The molecule has 0 saturated heterocycles. The van der Waals surface area contributed by atoms with Gasteiger partial charge in [-0.2, -0.15) is 0 Å². The maximum absolute atomic E-state index is 12.3. The first kappa shape index (κ1) is 15.7. The van der Waals surface area contributed by atoms with Gasteiger partial charge in [0, 0.05) is 18.9 Å². The normalized spacial score (nSPS) is 17.2. The molecule has 3 heteroatoms.